The molecule has 0 aliphatic carbocycles. The van der Waals surface area contributed by atoms with Gasteiger partial charge in [-0.2, -0.15) is 0 Å². The van der Waals surface area contributed by atoms with Gasteiger partial charge >= 0.3 is 0 Å². The van der Waals surface area contributed by atoms with Crippen LogP contribution in [0.25, 0.3) is 0 Å². The minimum atomic E-state index is -0.150. The van der Waals surface area contributed by atoms with Crippen LogP contribution < -0.4 is 5.32 Å². The summed E-state index contributed by atoms with van der Waals surface area (Å²) in [7, 11) is 0. The molecule has 0 aromatic heterocycles. The Morgan fingerprint density at radius 2 is 2.22 bits per heavy atom. The van der Waals surface area contributed by atoms with Crippen LogP contribution in [0, 0.1) is 17.7 Å². The summed E-state index contributed by atoms with van der Waals surface area (Å²) < 4.78 is 14.0. The molecule has 100 valence electrons. The summed E-state index contributed by atoms with van der Waals surface area (Å²) in [6.07, 6.45) is 2.08. The van der Waals surface area contributed by atoms with E-state index in [-0.39, 0.29) is 11.7 Å². The van der Waals surface area contributed by atoms with Crippen molar-refractivity contribution in [2.75, 3.05) is 13.1 Å². The zero-order valence-corrected chi connectivity index (χ0v) is 11.8. The van der Waals surface area contributed by atoms with Gasteiger partial charge in [0.15, 0.2) is 0 Å². The molecule has 1 heterocycles. The summed E-state index contributed by atoms with van der Waals surface area (Å²) in [6.45, 7) is 6.35. The Hall–Kier alpha value is -0.600. The molecule has 1 aliphatic heterocycles. The molecule has 0 spiro atoms. The van der Waals surface area contributed by atoms with E-state index in [4.69, 9.17) is 11.6 Å². The van der Waals surface area contributed by atoms with Crippen molar-refractivity contribution in [1.82, 2.24) is 5.32 Å². The molecule has 0 saturated carbocycles. The van der Waals surface area contributed by atoms with Crippen LogP contribution >= 0.6 is 11.6 Å². The fraction of sp³-hybridized carbons (Fsp3) is 0.600. The van der Waals surface area contributed by atoms with E-state index < -0.39 is 0 Å². The topological polar surface area (TPSA) is 12.0 Å². The third-order valence-electron chi connectivity index (χ3n) is 3.75. The third-order valence-corrected chi connectivity index (χ3v) is 4.08. The number of piperidine rings is 1. The average Bonchev–Trinajstić information content (AvgIpc) is 2.30. The van der Waals surface area contributed by atoms with Gasteiger partial charge < -0.3 is 5.32 Å². The maximum Gasteiger partial charge on any atom is 0.128 e. The molecule has 1 N–H and O–H groups in total. The normalized spacial score (nSPS) is 24.5. The monoisotopic (exact) mass is 269 g/mol. The zero-order chi connectivity index (χ0) is 13.1. The van der Waals surface area contributed by atoms with Gasteiger partial charge in [-0.1, -0.05) is 31.5 Å². The molecular formula is C15H21ClFN. The van der Waals surface area contributed by atoms with Crippen molar-refractivity contribution in [2.24, 2.45) is 11.8 Å². The minimum absolute atomic E-state index is 0.150. The molecule has 2 unspecified atom stereocenters. The highest BCUT2D eigenvalue weighted by Gasteiger charge is 2.30. The van der Waals surface area contributed by atoms with Crippen molar-refractivity contribution in [3.05, 3.63) is 34.6 Å². The predicted molar refractivity (Wildman–Crippen MR) is 74.6 cm³/mol. The minimum Gasteiger partial charge on any atom is -0.316 e. The van der Waals surface area contributed by atoms with Crippen LogP contribution in [-0.2, 0) is 0 Å². The van der Waals surface area contributed by atoms with E-state index in [1.165, 1.54) is 6.07 Å². The second-order valence-electron chi connectivity index (χ2n) is 5.62. The number of rotatable bonds is 3. The van der Waals surface area contributed by atoms with Gasteiger partial charge in [-0.05, 0) is 55.8 Å². The van der Waals surface area contributed by atoms with E-state index in [0.29, 0.717) is 16.9 Å². The van der Waals surface area contributed by atoms with E-state index in [2.05, 4.69) is 19.2 Å². The predicted octanol–water partition coefficient (Wildman–Crippen LogP) is 4.22. The molecule has 0 amide bonds. The maximum atomic E-state index is 14.0. The molecule has 1 nitrogen and oxygen atoms in total. The van der Waals surface area contributed by atoms with Gasteiger partial charge in [0.25, 0.3) is 0 Å². The van der Waals surface area contributed by atoms with Gasteiger partial charge in [0.2, 0.25) is 0 Å². The van der Waals surface area contributed by atoms with Crippen LogP contribution in [0.4, 0.5) is 4.39 Å². The maximum absolute atomic E-state index is 14.0. The second kappa shape index (κ2) is 6.03. The Kier molecular flexibility index (Phi) is 4.63. The van der Waals surface area contributed by atoms with Gasteiger partial charge in [-0.25, -0.2) is 4.39 Å². The van der Waals surface area contributed by atoms with Crippen LogP contribution in [0.5, 0.6) is 0 Å². The summed E-state index contributed by atoms with van der Waals surface area (Å²) in [5, 5.41) is 3.99. The summed E-state index contributed by atoms with van der Waals surface area (Å²) in [5.74, 6) is 1.21. The average molecular weight is 270 g/mol. The smallest absolute Gasteiger partial charge is 0.128 e. The lowest BCUT2D eigenvalue weighted by molar-refractivity contribution is 0.275. The second-order valence-corrected chi connectivity index (χ2v) is 6.03. The van der Waals surface area contributed by atoms with Crippen molar-refractivity contribution in [1.29, 1.82) is 0 Å². The molecule has 0 radical (unpaired) electrons. The van der Waals surface area contributed by atoms with E-state index in [1.807, 2.05) is 0 Å². The summed E-state index contributed by atoms with van der Waals surface area (Å²) in [6, 6.07) is 5.00. The van der Waals surface area contributed by atoms with E-state index in [0.717, 1.165) is 31.5 Å². The molecule has 0 bridgehead atoms. The molecule has 1 aliphatic rings. The quantitative estimate of drug-likeness (QED) is 0.866. The molecule has 2 rings (SSSR count). The SMILES string of the molecule is CC(C)CC1CNCCC1c1c(F)cccc1Cl. The van der Waals surface area contributed by atoms with E-state index >= 15 is 0 Å². The fourth-order valence-electron chi connectivity index (χ4n) is 3.02. The number of benzene rings is 1. The summed E-state index contributed by atoms with van der Waals surface area (Å²) in [5.41, 5.74) is 0.728. The van der Waals surface area contributed by atoms with Crippen molar-refractivity contribution < 1.29 is 4.39 Å². The van der Waals surface area contributed by atoms with Gasteiger partial charge in [0.1, 0.15) is 5.82 Å². The van der Waals surface area contributed by atoms with E-state index in [1.54, 1.807) is 12.1 Å². The van der Waals surface area contributed by atoms with Crippen LogP contribution in [0.1, 0.15) is 38.2 Å². The lowest BCUT2D eigenvalue weighted by atomic mass is 9.77. The first-order valence-corrected chi connectivity index (χ1v) is 7.12. The highest BCUT2D eigenvalue weighted by molar-refractivity contribution is 6.31. The Morgan fingerprint density at radius 1 is 1.44 bits per heavy atom. The molecule has 1 fully saturated rings. The summed E-state index contributed by atoms with van der Waals surface area (Å²) >= 11 is 6.20. The number of halogens is 2. The van der Waals surface area contributed by atoms with Gasteiger partial charge in [-0.3, -0.25) is 0 Å². The molecule has 1 aromatic carbocycles. The van der Waals surface area contributed by atoms with Crippen LogP contribution in [0.2, 0.25) is 5.02 Å². The van der Waals surface area contributed by atoms with Crippen molar-refractivity contribution >= 4 is 11.6 Å². The largest absolute Gasteiger partial charge is 0.316 e. The Morgan fingerprint density at radius 3 is 2.89 bits per heavy atom. The number of nitrogens with one attached hydrogen (secondary N) is 1. The van der Waals surface area contributed by atoms with Crippen LogP contribution in [0.3, 0.4) is 0 Å². The van der Waals surface area contributed by atoms with Crippen molar-refractivity contribution in [3.8, 4) is 0 Å². The highest BCUT2D eigenvalue weighted by atomic mass is 35.5. The lowest BCUT2D eigenvalue weighted by Crippen LogP contribution is -2.36. The van der Waals surface area contributed by atoms with Gasteiger partial charge in [0.05, 0.1) is 0 Å². The first kappa shape index (κ1) is 13.8. The van der Waals surface area contributed by atoms with Crippen LogP contribution in [0.15, 0.2) is 18.2 Å². The third kappa shape index (κ3) is 3.04. The Bertz CT molecular complexity index is 385. The molecule has 3 heteroatoms. The molecular weight excluding hydrogens is 249 g/mol. The first-order chi connectivity index (χ1) is 8.59. The van der Waals surface area contributed by atoms with E-state index in [9.17, 15) is 4.39 Å². The molecule has 18 heavy (non-hydrogen) atoms. The van der Waals surface area contributed by atoms with Gasteiger partial charge in [0, 0.05) is 10.6 Å². The van der Waals surface area contributed by atoms with Crippen molar-refractivity contribution in [2.45, 2.75) is 32.6 Å². The first-order valence-electron chi connectivity index (χ1n) is 6.74. The molecule has 2 atom stereocenters. The molecule has 1 aromatic rings. The Labute approximate surface area is 114 Å². The highest BCUT2D eigenvalue weighted by Crippen LogP contribution is 2.38. The van der Waals surface area contributed by atoms with Crippen molar-refractivity contribution in [3.63, 3.8) is 0 Å². The number of hydrogen-bond acceptors (Lipinski definition) is 1. The number of hydrogen-bond donors (Lipinski definition) is 1. The molecule has 1 saturated heterocycles. The summed E-state index contributed by atoms with van der Waals surface area (Å²) in [4.78, 5) is 0. The van der Waals surface area contributed by atoms with Gasteiger partial charge in [-0.15, -0.1) is 0 Å². The fourth-order valence-corrected chi connectivity index (χ4v) is 3.32. The Balaban J connectivity index is 2.28. The zero-order valence-electron chi connectivity index (χ0n) is 11.0. The van der Waals surface area contributed by atoms with Crippen LogP contribution in [-0.4, -0.2) is 13.1 Å². The standard InChI is InChI=1S/C15H21ClFN/c1-10(2)8-11-9-18-7-6-12(11)15-13(16)4-3-5-14(15)17/h3-5,10-12,18H,6-9H2,1-2H3. The lowest BCUT2D eigenvalue weighted by Gasteiger charge is -2.34.